The zero-order valence-electron chi connectivity index (χ0n) is 14.8. The second-order valence-corrected chi connectivity index (χ2v) is 6.79. The van der Waals surface area contributed by atoms with Crippen LogP contribution in [0, 0.1) is 0 Å². The number of rotatable bonds is 5. The monoisotopic (exact) mass is 342 g/mol. The molecule has 0 aromatic heterocycles. The summed E-state index contributed by atoms with van der Waals surface area (Å²) in [5.74, 6) is 0.794. The van der Waals surface area contributed by atoms with E-state index < -0.39 is 0 Å². The number of fused-ring (bicyclic) bond motifs is 1. The number of ketones is 1. The highest BCUT2D eigenvalue weighted by atomic mass is 16.5. The van der Waals surface area contributed by atoms with E-state index in [1.807, 2.05) is 48.5 Å². The molecule has 0 atom stereocenters. The highest BCUT2D eigenvalue weighted by Crippen LogP contribution is 2.25. The fourth-order valence-electron chi connectivity index (χ4n) is 3.51. The van der Waals surface area contributed by atoms with Crippen LogP contribution in [-0.4, -0.2) is 12.4 Å². The number of hydrogen-bond donors (Lipinski definition) is 0. The lowest BCUT2D eigenvalue weighted by atomic mass is 9.92. The largest absolute Gasteiger partial charge is 0.485 e. The minimum absolute atomic E-state index is 0.00216. The number of carbonyl (C=O) groups excluding carboxylic acids is 1. The minimum atomic E-state index is 0.00216. The molecule has 0 N–H and O–H groups in total. The molecule has 2 heteroatoms. The number of Topliss-reactive ketones (excluding diaryl/α,β-unsaturated/α-hetero) is 1. The number of carbonyl (C=O) groups is 1. The summed E-state index contributed by atoms with van der Waals surface area (Å²) in [6.07, 6.45) is 4.78. The molecule has 26 heavy (non-hydrogen) atoms. The fraction of sp³-hybridized carbons (Fsp3) is 0.208. The SMILES string of the molecule is O=C(COc1ccc2c(c1)CCCC2)c1ccc(-c2ccccc2)cc1. The normalized spacial score (nSPS) is 13.1. The highest BCUT2D eigenvalue weighted by Gasteiger charge is 2.11. The van der Waals surface area contributed by atoms with E-state index in [-0.39, 0.29) is 12.4 Å². The molecule has 2 nitrogen and oxygen atoms in total. The lowest BCUT2D eigenvalue weighted by molar-refractivity contribution is 0.0921. The van der Waals surface area contributed by atoms with Gasteiger partial charge in [-0.2, -0.15) is 0 Å². The molecule has 0 fully saturated rings. The molecule has 0 unspecified atom stereocenters. The van der Waals surface area contributed by atoms with Gasteiger partial charge in [-0.1, -0.05) is 60.7 Å². The smallest absolute Gasteiger partial charge is 0.200 e. The third-order valence-electron chi connectivity index (χ3n) is 5.00. The zero-order valence-corrected chi connectivity index (χ0v) is 14.8. The fourth-order valence-corrected chi connectivity index (χ4v) is 3.51. The molecule has 0 amide bonds. The van der Waals surface area contributed by atoms with Crippen molar-refractivity contribution in [3.05, 3.63) is 89.5 Å². The molecular formula is C24H22O2. The van der Waals surface area contributed by atoms with Crippen LogP contribution >= 0.6 is 0 Å². The maximum absolute atomic E-state index is 12.4. The van der Waals surface area contributed by atoms with Crippen molar-refractivity contribution in [2.75, 3.05) is 6.61 Å². The summed E-state index contributed by atoms with van der Waals surface area (Å²) < 4.78 is 5.75. The van der Waals surface area contributed by atoms with Gasteiger partial charge in [0.1, 0.15) is 5.75 Å². The van der Waals surface area contributed by atoms with Crippen molar-refractivity contribution < 1.29 is 9.53 Å². The van der Waals surface area contributed by atoms with Gasteiger partial charge in [-0.25, -0.2) is 0 Å². The van der Waals surface area contributed by atoms with E-state index in [1.165, 1.54) is 24.0 Å². The molecule has 0 radical (unpaired) electrons. The van der Waals surface area contributed by atoms with Crippen LogP contribution in [-0.2, 0) is 12.8 Å². The molecule has 1 aliphatic rings. The quantitative estimate of drug-likeness (QED) is 0.573. The lowest BCUT2D eigenvalue weighted by Crippen LogP contribution is -2.12. The van der Waals surface area contributed by atoms with Crippen LogP contribution in [0.25, 0.3) is 11.1 Å². The van der Waals surface area contributed by atoms with E-state index in [1.54, 1.807) is 0 Å². The van der Waals surface area contributed by atoms with Crippen molar-refractivity contribution in [2.45, 2.75) is 25.7 Å². The van der Waals surface area contributed by atoms with E-state index in [2.05, 4.69) is 24.3 Å². The molecule has 0 saturated carbocycles. The highest BCUT2D eigenvalue weighted by molar-refractivity contribution is 5.97. The van der Waals surface area contributed by atoms with Gasteiger partial charge in [0.25, 0.3) is 0 Å². The van der Waals surface area contributed by atoms with Crippen molar-refractivity contribution in [2.24, 2.45) is 0 Å². The molecule has 0 spiro atoms. The van der Waals surface area contributed by atoms with Crippen LogP contribution in [0.5, 0.6) is 5.75 Å². The van der Waals surface area contributed by atoms with Gasteiger partial charge in [0.05, 0.1) is 0 Å². The van der Waals surface area contributed by atoms with Crippen LogP contribution in [0.1, 0.15) is 34.3 Å². The molecule has 0 saturated heterocycles. The van der Waals surface area contributed by atoms with E-state index in [0.29, 0.717) is 5.56 Å². The predicted molar refractivity (Wildman–Crippen MR) is 105 cm³/mol. The Balaban J connectivity index is 1.40. The molecule has 0 heterocycles. The Morgan fingerprint density at radius 1 is 0.769 bits per heavy atom. The van der Waals surface area contributed by atoms with Gasteiger partial charge in [-0.3, -0.25) is 4.79 Å². The van der Waals surface area contributed by atoms with Crippen LogP contribution in [0.2, 0.25) is 0 Å². The topological polar surface area (TPSA) is 26.3 Å². The Morgan fingerprint density at radius 2 is 1.46 bits per heavy atom. The summed E-state index contributed by atoms with van der Waals surface area (Å²) in [4.78, 5) is 12.4. The van der Waals surface area contributed by atoms with Gasteiger partial charge in [0.2, 0.25) is 0 Å². The molecule has 1 aliphatic carbocycles. The average molecular weight is 342 g/mol. The van der Waals surface area contributed by atoms with Gasteiger partial charge in [-0.15, -0.1) is 0 Å². The maximum atomic E-state index is 12.4. The third-order valence-corrected chi connectivity index (χ3v) is 5.00. The second kappa shape index (κ2) is 7.57. The number of aryl methyl sites for hydroxylation is 2. The summed E-state index contributed by atoms with van der Waals surface area (Å²) in [5.41, 5.74) is 5.73. The first-order valence-corrected chi connectivity index (χ1v) is 9.23. The van der Waals surface area contributed by atoms with E-state index in [4.69, 9.17) is 4.74 Å². The van der Waals surface area contributed by atoms with Gasteiger partial charge in [0, 0.05) is 5.56 Å². The Kier molecular flexibility index (Phi) is 4.83. The van der Waals surface area contributed by atoms with E-state index >= 15 is 0 Å². The molecule has 0 bridgehead atoms. The van der Waals surface area contributed by atoms with Gasteiger partial charge < -0.3 is 4.74 Å². The second-order valence-electron chi connectivity index (χ2n) is 6.79. The molecule has 4 rings (SSSR count). The summed E-state index contributed by atoms with van der Waals surface area (Å²) in [5, 5.41) is 0. The number of benzene rings is 3. The third kappa shape index (κ3) is 3.70. The molecule has 0 aliphatic heterocycles. The van der Waals surface area contributed by atoms with Crippen molar-refractivity contribution in [1.82, 2.24) is 0 Å². The minimum Gasteiger partial charge on any atom is -0.485 e. The van der Waals surface area contributed by atoms with E-state index in [9.17, 15) is 4.79 Å². The molecule has 3 aromatic carbocycles. The van der Waals surface area contributed by atoms with Crippen LogP contribution in [0.4, 0.5) is 0 Å². The average Bonchev–Trinajstić information content (AvgIpc) is 2.72. The zero-order chi connectivity index (χ0) is 17.8. The number of ether oxygens (including phenoxy) is 1. The summed E-state index contributed by atoms with van der Waals surface area (Å²) >= 11 is 0. The Morgan fingerprint density at radius 3 is 2.23 bits per heavy atom. The first-order valence-electron chi connectivity index (χ1n) is 9.23. The summed E-state index contributed by atoms with van der Waals surface area (Å²) in [7, 11) is 0. The molecule has 130 valence electrons. The van der Waals surface area contributed by atoms with Gasteiger partial charge in [-0.05, 0) is 60.1 Å². The first kappa shape index (κ1) is 16.6. The summed E-state index contributed by atoms with van der Waals surface area (Å²) in [6, 6.07) is 24.1. The standard InChI is InChI=1S/C24H22O2/c25-24(17-26-23-15-14-19-8-4-5-9-22(19)16-23)21-12-10-20(11-13-21)18-6-2-1-3-7-18/h1-3,6-7,10-16H,4-5,8-9,17H2. The van der Waals surface area contributed by atoms with Crippen molar-refractivity contribution in [1.29, 1.82) is 0 Å². The maximum Gasteiger partial charge on any atom is 0.200 e. The Bertz CT molecular complexity index is 895. The van der Waals surface area contributed by atoms with Gasteiger partial charge in [0.15, 0.2) is 12.4 Å². The lowest BCUT2D eigenvalue weighted by Gasteiger charge is -2.16. The Labute approximate surface area is 154 Å². The summed E-state index contributed by atoms with van der Waals surface area (Å²) in [6.45, 7) is 0.0729. The Hall–Kier alpha value is -2.87. The molecule has 3 aromatic rings. The van der Waals surface area contributed by atoms with Crippen molar-refractivity contribution in [3.8, 4) is 16.9 Å². The van der Waals surface area contributed by atoms with Crippen molar-refractivity contribution >= 4 is 5.78 Å². The van der Waals surface area contributed by atoms with E-state index in [0.717, 1.165) is 29.7 Å². The predicted octanol–water partition coefficient (Wildman–Crippen LogP) is 5.49. The van der Waals surface area contributed by atoms with Crippen molar-refractivity contribution in [3.63, 3.8) is 0 Å². The van der Waals surface area contributed by atoms with Crippen LogP contribution in [0.3, 0.4) is 0 Å². The number of hydrogen-bond acceptors (Lipinski definition) is 2. The molecular weight excluding hydrogens is 320 g/mol. The van der Waals surface area contributed by atoms with Crippen LogP contribution < -0.4 is 4.74 Å². The first-order chi connectivity index (χ1) is 12.8. The van der Waals surface area contributed by atoms with Gasteiger partial charge >= 0.3 is 0 Å². The van der Waals surface area contributed by atoms with Crippen LogP contribution in [0.15, 0.2) is 72.8 Å².